The lowest BCUT2D eigenvalue weighted by Crippen LogP contribution is -2.44. The number of nitrogens with one attached hydrogen (secondary N) is 2. The Balaban J connectivity index is 1.83. The monoisotopic (exact) mass is 297 g/mol. The Morgan fingerprint density at radius 1 is 1.35 bits per heavy atom. The highest BCUT2D eigenvalue weighted by atomic mass is 32.1. The number of hydrogen-bond donors (Lipinski definition) is 3. The molecule has 6 heteroatoms. The zero-order valence-corrected chi connectivity index (χ0v) is 13.1. The van der Waals surface area contributed by atoms with Gasteiger partial charge in [0.2, 0.25) is 0 Å². The maximum absolute atomic E-state index is 12.0. The molecule has 0 saturated heterocycles. The summed E-state index contributed by atoms with van der Waals surface area (Å²) >= 11 is 1.62. The van der Waals surface area contributed by atoms with E-state index in [1.54, 1.807) is 11.3 Å². The van der Waals surface area contributed by atoms with Crippen molar-refractivity contribution in [3.05, 3.63) is 15.6 Å². The van der Waals surface area contributed by atoms with Crippen LogP contribution in [0.2, 0.25) is 0 Å². The molecule has 1 aromatic heterocycles. The summed E-state index contributed by atoms with van der Waals surface area (Å²) < 4.78 is 0. The molecule has 2 amide bonds. The number of aromatic nitrogens is 1. The van der Waals surface area contributed by atoms with Gasteiger partial charge in [-0.1, -0.05) is 0 Å². The second-order valence-electron chi connectivity index (χ2n) is 5.53. The Bertz CT molecular complexity index is 467. The molecule has 0 bridgehead atoms. The van der Waals surface area contributed by atoms with Crippen molar-refractivity contribution < 1.29 is 9.90 Å². The third-order valence-corrected chi connectivity index (χ3v) is 4.97. The number of hydrogen-bond acceptors (Lipinski definition) is 4. The predicted molar refractivity (Wildman–Crippen MR) is 79.9 cm³/mol. The van der Waals surface area contributed by atoms with Crippen molar-refractivity contribution in [2.75, 3.05) is 0 Å². The maximum Gasteiger partial charge on any atom is 0.315 e. The molecule has 0 radical (unpaired) electrons. The van der Waals surface area contributed by atoms with Crippen molar-refractivity contribution in [3.63, 3.8) is 0 Å². The first-order valence-electron chi connectivity index (χ1n) is 7.14. The van der Waals surface area contributed by atoms with Crippen molar-refractivity contribution >= 4 is 17.4 Å². The fraction of sp³-hybridized carbons (Fsp3) is 0.714. The smallest absolute Gasteiger partial charge is 0.315 e. The van der Waals surface area contributed by atoms with Crippen LogP contribution in [-0.2, 0) is 0 Å². The van der Waals surface area contributed by atoms with Crippen molar-refractivity contribution in [2.24, 2.45) is 0 Å². The Labute approximate surface area is 123 Å². The lowest BCUT2D eigenvalue weighted by atomic mass is 9.93. The van der Waals surface area contributed by atoms with E-state index in [-0.39, 0.29) is 24.2 Å². The third-order valence-electron chi connectivity index (χ3n) is 3.71. The van der Waals surface area contributed by atoms with Crippen LogP contribution in [-0.4, -0.2) is 28.3 Å². The van der Waals surface area contributed by atoms with Gasteiger partial charge in [-0.05, 0) is 46.5 Å². The van der Waals surface area contributed by atoms with Gasteiger partial charge < -0.3 is 15.7 Å². The summed E-state index contributed by atoms with van der Waals surface area (Å²) in [5.74, 6) is 0. The molecule has 1 fully saturated rings. The van der Waals surface area contributed by atoms with Gasteiger partial charge >= 0.3 is 6.03 Å². The number of rotatable bonds is 3. The van der Waals surface area contributed by atoms with Crippen molar-refractivity contribution in [1.82, 2.24) is 15.6 Å². The summed E-state index contributed by atoms with van der Waals surface area (Å²) in [6.45, 7) is 5.92. The van der Waals surface area contributed by atoms with Gasteiger partial charge in [0.05, 0.1) is 22.8 Å². The van der Waals surface area contributed by atoms with Crippen LogP contribution in [0.3, 0.4) is 0 Å². The minimum atomic E-state index is -0.196. The van der Waals surface area contributed by atoms with Crippen LogP contribution in [0.15, 0.2) is 0 Å². The Kier molecular flexibility index (Phi) is 4.99. The Morgan fingerprint density at radius 2 is 2.00 bits per heavy atom. The number of carbonyl (C=O) groups excluding carboxylic acids is 1. The molecule has 1 aromatic rings. The molecule has 2 rings (SSSR count). The molecular formula is C14H23N3O2S. The first kappa shape index (κ1) is 15.3. The molecule has 1 heterocycles. The van der Waals surface area contributed by atoms with E-state index < -0.39 is 0 Å². The highest BCUT2D eigenvalue weighted by molar-refractivity contribution is 7.11. The lowest BCUT2D eigenvalue weighted by molar-refractivity contribution is 0.117. The zero-order valence-electron chi connectivity index (χ0n) is 12.3. The number of aliphatic hydroxyl groups excluding tert-OH is 1. The molecule has 112 valence electrons. The standard InChI is InChI=1S/C14H23N3O2S/c1-8-13(20-10(3)15-8)9(2)16-14(19)17-11-4-6-12(18)7-5-11/h9,11-12,18H,4-7H2,1-3H3,(H2,16,17,19)/t9-,11?,12?/m0/s1. The number of urea groups is 1. The van der Waals surface area contributed by atoms with Gasteiger partial charge in [0.25, 0.3) is 0 Å². The summed E-state index contributed by atoms with van der Waals surface area (Å²) in [6.07, 6.45) is 3.04. The highest BCUT2D eigenvalue weighted by Crippen LogP contribution is 2.24. The largest absolute Gasteiger partial charge is 0.393 e. The van der Waals surface area contributed by atoms with E-state index >= 15 is 0 Å². The fourth-order valence-corrected chi connectivity index (χ4v) is 3.59. The second-order valence-corrected chi connectivity index (χ2v) is 6.76. The summed E-state index contributed by atoms with van der Waals surface area (Å²) in [6, 6.07) is 0.00891. The van der Waals surface area contributed by atoms with Crippen LogP contribution in [0.5, 0.6) is 0 Å². The number of amides is 2. The summed E-state index contributed by atoms with van der Waals surface area (Å²) in [5, 5.41) is 16.4. The second kappa shape index (κ2) is 6.54. The van der Waals surface area contributed by atoms with Gasteiger partial charge in [0.1, 0.15) is 0 Å². The summed E-state index contributed by atoms with van der Waals surface area (Å²) in [7, 11) is 0. The predicted octanol–water partition coefficient (Wildman–Crippen LogP) is 2.42. The molecule has 0 unspecified atom stereocenters. The van der Waals surface area contributed by atoms with E-state index in [2.05, 4.69) is 15.6 Å². The minimum Gasteiger partial charge on any atom is -0.393 e. The molecule has 0 aromatic carbocycles. The van der Waals surface area contributed by atoms with Crippen molar-refractivity contribution in [1.29, 1.82) is 0 Å². The SMILES string of the molecule is Cc1nc(C)c([C@H](C)NC(=O)NC2CCC(O)CC2)s1. The average molecular weight is 297 g/mol. The van der Waals surface area contributed by atoms with Crippen LogP contribution >= 0.6 is 11.3 Å². The normalized spacial score (nSPS) is 24.2. The molecule has 0 spiro atoms. The quantitative estimate of drug-likeness (QED) is 0.802. The molecule has 0 aliphatic heterocycles. The van der Waals surface area contributed by atoms with Crippen molar-refractivity contribution in [3.8, 4) is 0 Å². The van der Waals surface area contributed by atoms with Gasteiger partial charge in [-0.15, -0.1) is 11.3 Å². The molecular weight excluding hydrogens is 274 g/mol. The lowest BCUT2D eigenvalue weighted by Gasteiger charge is -2.26. The summed E-state index contributed by atoms with van der Waals surface area (Å²) in [5.41, 5.74) is 0.987. The van der Waals surface area contributed by atoms with Crippen LogP contribution < -0.4 is 10.6 Å². The van der Waals surface area contributed by atoms with Gasteiger partial charge in [-0.25, -0.2) is 9.78 Å². The van der Waals surface area contributed by atoms with Gasteiger partial charge in [0, 0.05) is 10.9 Å². The topological polar surface area (TPSA) is 74.2 Å². The van der Waals surface area contributed by atoms with Crippen LogP contribution in [0.25, 0.3) is 0 Å². The number of aliphatic hydroxyl groups is 1. The molecule has 3 N–H and O–H groups in total. The molecule has 1 atom stereocenters. The highest BCUT2D eigenvalue weighted by Gasteiger charge is 2.22. The number of carbonyl (C=O) groups is 1. The molecule has 5 nitrogen and oxygen atoms in total. The molecule has 1 aliphatic rings. The molecule has 1 aliphatic carbocycles. The molecule has 20 heavy (non-hydrogen) atoms. The van der Waals surface area contributed by atoms with Gasteiger partial charge in [-0.2, -0.15) is 0 Å². The first-order valence-corrected chi connectivity index (χ1v) is 7.96. The third kappa shape index (κ3) is 3.93. The van der Waals surface area contributed by atoms with E-state index in [0.29, 0.717) is 0 Å². The fourth-order valence-electron chi connectivity index (χ4n) is 2.66. The molecule has 1 saturated carbocycles. The Morgan fingerprint density at radius 3 is 2.55 bits per heavy atom. The van der Waals surface area contributed by atoms with E-state index in [9.17, 15) is 9.90 Å². The average Bonchev–Trinajstić information content (AvgIpc) is 2.71. The first-order chi connectivity index (χ1) is 9.45. The number of aryl methyl sites for hydroxylation is 2. The minimum absolute atomic E-state index is 0.0321. The van der Waals surface area contributed by atoms with E-state index in [4.69, 9.17) is 0 Å². The van der Waals surface area contributed by atoms with Gasteiger partial charge in [-0.3, -0.25) is 0 Å². The van der Waals surface area contributed by atoms with Crippen LogP contribution in [0.4, 0.5) is 4.79 Å². The number of thiazole rings is 1. The summed E-state index contributed by atoms with van der Waals surface area (Å²) in [4.78, 5) is 17.5. The Hall–Kier alpha value is -1.14. The number of nitrogens with zero attached hydrogens (tertiary/aromatic N) is 1. The van der Waals surface area contributed by atoms with Crippen LogP contribution in [0, 0.1) is 13.8 Å². The van der Waals surface area contributed by atoms with Crippen LogP contribution in [0.1, 0.15) is 54.2 Å². The van der Waals surface area contributed by atoms with E-state index in [0.717, 1.165) is 41.3 Å². The van der Waals surface area contributed by atoms with Crippen molar-refractivity contribution in [2.45, 2.75) is 64.6 Å². The maximum atomic E-state index is 12.0. The zero-order chi connectivity index (χ0) is 14.7. The van der Waals surface area contributed by atoms with Gasteiger partial charge in [0.15, 0.2) is 0 Å². The van der Waals surface area contributed by atoms with E-state index in [1.165, 1.54) is 0 Å². The van der Waals surface area contributed by atoms with E-state index in [1.807, 2.05) is 20.8 Å².